The molecular formula is C8H7BCl2O3. The third-order valence-electron chi connectivity index (χ3n) is 2.20. The Bertz CT molecular complexity index is 370. The van der Waals surface area contributed by atoms with E-state index in [4.69, 9.17) is 38.0 Å². The minimum Gasteiger partial charge on any atom is -0.492 e. The SMILES string of the molecule is OB(O)C1COc2c(Cl)cc(Cl)cc21. The molecule has 0 spiro atoms. The third-order valence-corrected chi connectivity index (χ3v) is 2.70. The standard InChI is InChI=1S/C8H7BCl2O3/c10-4-1-5-6(9(12)13)3-14-8(5)7(11)2-4/h1-2,6,12-13H,3H2. The molecule has 74 valence electrons. The van der Waals surface area contributed by atoms with Crippen molar-refractivity contribution in [1.29, 1.82) is 0 Å². The van der Waals surface area contributed by atoms with Gasteiger partial charge in [-0.1, -0.05) is 23.2 Å². The van der Waals surface area contributed by atoms with Crippen LogP contribution in [0.5, 0.6) is 5.75 Å². The Balaban J connectivity index is 2.49. The van der Waals surface area contributed by atoms with Crippen LogP contribution in [0.15, 0.2) is 12.1 Å². The number of hydrogen-bond donors (Lipinski definition) is 2. The highest BCUT2D eigenvalue weighted by Gasteiger charge is 2.35. The van der Waals surface area contributed by atoms with E-state index in [1.807, 2.05) is 0 Å². The summed E-state index contributed by atoms with van der Waals surface area (Å²) < 4.78 is 5.25. The summed E-state index contributed by atoms with van der Waals surface area (Å²) in [5.74, 6) is 0.0235. The Labute approximate surface area is 91.4 Å². The van der Waals surface area contributed by atoms with Crippen molar-refractivity contribution in [2.75, 3.05) is 6.61 Å². The second kappa shape index (κ2) is 3.63. The fourth-order valence-electron chi connectivity index (χ4n) is 1.52. The van der Waals surface area contributed by atoms with Gasteiger partial charge >= 0.3 is 7.12 Å². The largest absolute Gasteiger partial charge is 0.492 e. The van der Waals surface area contributed by atoms with Crippen LogP contribution in [0.3, 0.4) is 0 Å². The molecule has 1 atom stereocenters. The van der Waals surface area contributed by atoms with Crippen LogP contribution in [-0.4, -0.2) is 23.8 Å². The maximum absolute atomic E-state index is 9.07. The molecule has 0 aliphatic carbocycles. The first kappa shape index (κ1) is 10.1. The van der Waals surface area contributed by atoms with E-state index in [2.05, 4.69) is 0 Å². The first-order valence-corrected chi connectivity index (χ1v) is 4.83. The Morgan fingerprint density at radius 2 is 2.07 bits per heavy atom. The lowest BCUT2D eigenvalue weighted by Gasteiger charge is -2.06. The van der Waals surface area contributed by atoms with Crippen LogP contribution in [0.4, 0.5) is 0 Å². The normalized spacial score (nSPS) is 19.0. The molecule has 3 nitrogen and oxygen atoms in total. The van der Waals surface area contributed by atoms with Crippen LogP contribution in [0.1, 0.15) is 11.4 Å². The lowest BCUT2D eigenvalue weighted by molar-refractivity contribution is 0.320. The summed E-state index contributed by atoms with van der Waals surface area (Å²) in [6.07, 6.45) is 0. The quantitative estimate of drug-likeness (QED) is 0.722. The summed E-state index contributed by atoms with van der Waals surface area (Å²) in [6.45, 7) is 0.215. The summed E-state index contributed by atoms with van der Waals surface area (Å²) >= 11 is 11.7. The molecule has 0 saturated heterocycles. The van der Waals surface area contributed by atoms with Gasteiger partial charge in [0.2, 0.25) is 0 Å². The molecule has 1 aliphatic rings. The molecule has 6 heteroatoms. The molecule has 1 aliphatic heterocycles. The van der Waals surface area contributed by atoms with E-state index in [9.17, 15) is 0 Å². The number of hydrogen-bond acceptors (Lipinski definition) is 3. The molecule has 0 aromatic heterocycles. The first-order valence-electron chi connectivity index (χ1n) is 4.07. The molecule has 14 heavy (non-hydrogen) atoms. The van der Waals surface area contributed by atoms with E-state index in [1.165, 1.54) is 0 Å². The fraction of sp³-hybridized carbons (Fsp3) is 0.250. The van der Waals surface area contributed by atoms with Crippen LogP contribution in [-0.2, 0) is 0 Å². The minimum atomic E-state index is -1.45. The molecule has 0 fully saturated rings. The van der Waals surface area contributed by atoms with Gasteiger partial charge in [0.15, 0.2) is 0 Å². The molecule has 0 saturated carbocycles. The lowest BCUT2D eigenvalue weighted by Crippen LogP contribution is -2.24. The van der Waals surface area contributed by atoms with E-state index in [-0.39, 0.29) is 6.61 Å². The van der Waals surface area contributed by atoms with Gasteiger partial charge in [-0.2, -0.15) is 0 Å². The monoisotopic (exact) mass is 232 g/mol. The summed E-state index contributed by atoms with van der Waals surface area (Å²) in [7, 11) is -1.45. The Hall–Kier alpha value is -0.415. The van der Waals surface area contributed by atoms with E-state index in [0.717, 1.165) is 0 Å². The van der Waals surface area contributed by atoms with Crippen molar-refractivity contribution in [2.45, 2.75) is 5.82 Å². The second-order valence-corrected chi connectivity index (χ2v) is 3.98. The summed E-state index contributed by atoms with van der Waals surface area (Å²) in [5, 5.41) is 19.0. The maximum atomic E-state index is 9.07. The number of halogens is 2. The molecule has 0 amide bonds. The van der Waals surface area contributed by atoms with Crippen molar-refractivity contribution in [1.82, 2.24) is 0 Å². The molecule has 0 radical (unpaired) electrons. The fourth-order valence-corrected chi connectivity index (χ4v) is 2.08. The molecule has 1 aromatic carbocycles. The second-order valence-electron chi connectivity index (χ2n) is 3.14. The smallest absolute Gasteiger partial charge is 0.463 e. The predicted octanol–water partition coefficient (Wildman–Crippen LogP) is 1.48. The predicted molar refractivity (Wildman–Crippen MR) is 54.9 cm³/mol. The van der Waals surface area contributed by atoms with Gasteiger partial charge in [0.25, 0.3) is 0 Å². The highest BCUT2D eigenvalue weighted by atomic mass is 35.5. The summed E-state index contributed by atoms with van der Waals surface area (Å²) in [5.41, 5.74) is 0.650. The minimum absolute atomic E-state index is 0.215. The molecule has 2 rings (SSSR count). The summed E-state index contributed by atoms with van der Waals surface area (Å²) in [4.78, 5) is 0. The Kier molecular flexibility index (Phi) is 2.62. The number of fused-ring (bicyclic) bond motifs is 1. The van der Waals surface area contributed by atoms with E-state index >= 15 is 0 Å². The van der Waals surface area contributed by atoms with Gasteiger partial charge < -0.3 is 14.8 Å². The van der Waals surface area contributed by atoms with Crippen molar-refractivity contribution in [2.24, 2.45) is 0 Å². The summed E-state index contributed by atoms with van der Waals surface area (Å²) in [6, 6.07) is 3.20. The van der Waals surface area contributed by atoms with E-state index < -0.39 is 12.9 Å². The van der Waals surface area contributed by atoms with Crippen LogP contribution >= 0.6 is 23.2 Å². The van der Waals surface area contributed by atoms with Gasteiger partial charge in [0, 0.05) is 10.6 Å². The van der Waals surface area contributed by atoms with Crippen molar-refractivity contribution in [3.8, 4) is 5.75 Å². The van der Waals surface area contributed by atoms with Crippen LogP contribution in [0.25, 0.3) is 0 Å². The van der Waals surface area contributed by atoms with Crippen molar-refractivity contribution in [3.05, 3.63) is 27.7 Å². The first-order chi connectivity index (χ1) is 6.59. The lowest BCUT2D eigenvalue weighted by atomic mass is 9.70. The topological polar surface area (TPSA) is 49.7 Å². The Morgan fingerprint density at radius 1 is 1.36 bits per heavy atom. The number of benzene rings is 1. The number of rotatable bonds is 1. The molecule has 1 unspecified atom stereocenters. The molecule has 0 bridgehead atoms. The van der Waals surface area contributed by atoms with Gasteiger partial charge in [-0.15, -0.1) is 0 Å². The Morgan fingerprint density at radius 3 is 2.71 bits per heavy atom. The van der Waals surface area contributed by atoms with Gasteiger partial charge in [-0.25, -0.2) is 0 Å². The number of ether oxygens (including phenoxy) is 1. The average Bonchev–Trinajstić information content (AvgIpc) is 2.47. The van der Waals surface area contributed by atoms with E-state index in [0.29, 0.717) is 21.4 Å². The van der Waals surface area contributed by atoms with Crippen molar-refractivity contribution in [3.63, 3.8) is 0 Å². The van der Waals surface area contributed by atoms with E-state index in [1.54, 1.807) is 12.1 Å². The van der Waals surface area contributed by atoms with Crippen molar-refractivity contribution >= 4 is 30.3 Å². The van der Waals surface area contributed by atoms with Crippen LogP contribution < -0.4 is 4.74 Å². The zero-order valence-electron chi connectivity index (χ0n) is 7.08. The average molecular weight is 233 g/mol. The van der Waals surface area contributed by atoms with Gasteiger partial charge in [-0.3, -0.25) is 0 Å². The third kappa shape index (κ3) is 1.59. The highest BCUT2D eigenvalue weighted by Crippen LogP contribution is 2.41. The molecule has 1 aromatic rings. The van der Waals surface area contributed by atoms with Crippen LogP contribution in [0, 0.1) is 0 Å². The molecule has 2 N–H and O–H groups in total. The molecular weight excluding hydrogens is 226 g/mol. The van der Waals surface area contributed by atoms with Gasteiger partial charge in [-0.05, 0) is 12.1 Å². The molecule has 1 heterocycles. The zero-order valence-corrected chi connectivity index (χ0v) is 8.59. The van der Waals surface area contributed by atoms with Crippen molar-refractivity contribution < 1.29 is 14.8 Å². The van der Waals surface area contributed by atoms with Gasteiger partial charge in [0.1, 0.15) is 5.75 Å². The van der Waals surface area contributed by atoms with Gasteiger partial charge in [0.05, 0.1) is 17.4 Å². The highest BCUT2D eigenvalue weighted by molar-refractivity contribution is 6.44. The zero-order chi connectivity index (χ0) is 10.3. The maximum Gasteiger partial charge on any atom is 0.463 e. The van der Waals surface area contributed by atoms with Crippen LogP contribution in [0.2, 0.25) is 10.0 Å².